The second-order valence-electron chi connectivity index (χ2n) is 6.09. The average Bonchev–Trinajstić information content (AvgIpc) is 2.68. The summed E-state index contributed by atoms with van der Waals surface area (Å²) in [6.07, 6.45) is 2.41. The van der Waals surface area contributed by atoms with Crippen molar-refractivity contribution in [2.45, 2.75) is 27.2 Å². The van der Waals surface area contributed by atoms with Crippen molar-refractivity contribution in [3.8, 4) is 17.6 Å². The van der Waals surface area contributed by atoms with E-state index in [4.69, 9.17) is 9.47 Å². The monoisotopic (exact) mass is 442 g/mol. The SMILES string of the molecule is CCCOc1cc(Br)c(/C=C(/C#N)C(=O)Nc2ccc(C)cc2)cc1OCC. The zero-order chi connectivity index (χ0) is 20.5. The minimum atomic E-state index is -0.470. The molecule has 2 rings (SSSR count). The average molecular weight is 443 g/mol. The quantitative estimate of drug-likeness (QED) is 0.433. The molecule has 28 heavy (non-hydrogen) atoms. The van der Waals surface area contributed by atoms with Crippen molar-refractivity contribution in [2.75, 3.05) is 18.5 Å². The molecule has 1 N–H and O–H groups in total. The van der Waals surface area contributed by atoms with Gasteiger partial charge in [-0.3, -0.25) is 4.79 Å². The fraction of sp³-hybridized carbons (Fsp3) is 0.273. The predicted octanol–water partition coefficient (Wildman–Crippen LogP) is 5.49. The fourth-order valence-electron chi connectivity index (χ4n) is 2.39. The van der Waals surface area contributed by atoms with E-state index in [1.165, 1.54) is 6.08 Å². The van der Waals surface area contributed by atoms with Crippen molar-refractivity contribution in [3.05, 3.63) is 57.6 Å². The molecule has 0 atom stereocenters. The van der Waals surface area contributed by atoms with Crippen molar-refractivity contribution < 1.29 is 14.3 Å². The molecule has 2 aromatic carbocycles. The Hall–Kier alpha value is -2.78. The third kappa shape index (κ3) is 5.86. The summed E-state index contributed by atoms with van der Waals surface area (Å²) in [5.41, 5.74) is 2.37. The standard InChI is InChI=1S/C22H23BrN2O3/c1-4-10-28-21-13-19(23)16(12-20(21)27-5-2)11-17(14-24)22(26)25-18-8-6-15(3)7-9-18/h6-9,11-13H,4-5,10H2,1-3H3,(H,25,26)/b17-11-. The zero-order valence-electron chi connectivity index (χ0n) is 16.2. The first-order valence-corrected chi connectivity index (χ1v) is 9.86. The van der Waals surface area contributed by atoms with Crippen LogP contribution in [0, 0.1) is 18.3 Å². The number of benzene rings is 2. The summed E-state index contributed by atoms with van der Waals surface area (Å²) in [4.78, 5) is 12.5. The highest BCUT2D eigenvalue weighted by atomic mass is 79.9. The maximum Gasteiger partial charge on any atom is 0.266 e. The summed E-state index contributed by atoms with van der Waals surface area (Å²) in [6, 6.07) is 12.9. The molecule has 0 heterocycles. The van der Waals surface area contributed by atoms with Crippen LogP contribution in [0.25, 0.3) is 6.08 Å². The molecule has 0 spiro atoms. The number of carbonyl (C=O) groups is 1. The highest BCUT2D eigenvalue weighted by molar-refractivity contribution is 9.10. The second kappa shape index (κ2) is 10.5. The van der Waals surface area contributed by atoms with E-state index in [9.17, 15) is 10.1 Å². The number of carbonyl (C=O) groups excluding carboxylic acids is 1. The molecule has 0 fully saturated rings. The molecule has 0 saturated carbocycles. The van der Waals surface area contributed by atoms with Gasteiger partial charge in [0.25, 0.3) is 5.91 Å². The smallest absolute Gasteiger partial charge is 0.266 e. The Morgan fingerprint density at radius 2 is 1.86 bits per heavy atom. The van der Waals surface area contributed by atoms with Gasteiger partial charge in [0.05, 0.1) is 13.2 Å². The number of nitrogens with zero attached hydrogens (tertiary/aromatic N) is 1. The molecule has 146 valence electrons. The van der Waals surface area contributed by atoms with Crippen LogP contribution in [0.4, 0.5) is 5.69 Å². The van der Waals surface area contributed by atoms with Crippen LogP contribution in [0.2, 0.25) is 0 Å². The first kappa shape index (κ1) is 21.5. The van der Waals surface area contributed by atoms with E-state index < -0.39 is 5.91 Å². The molecule has 5 nitrogen and oxygen atoms in total. The van der Waals surface area contributed by atoms with Gasteiger partial charge in [0, 0.05) is 10.2 Å². The highest BCUT2D eigenvalue weighted by Crippen LogP contribution is 2.35. The Morgan fingerprint density at radius 1 is 1.18 bits per heavy atom. The number of rotatable bonds is 8. The van der Waals surface area contributed by atoms with Gasteiger partial charge in [-0.25, -0.2) is 0 Å². The topological polar surface area (TPSA) is 71.3 Å². The van der Waals surface area contributed by atoms with Crippen molar-refractivity contribution in [2.24, 2.45) is 0 Å². The van der Waals surface area contributed by atoms with Crippen LogP contribution in [-0.2, 0) is 4.79 Å². The Bertz CT molecular complexity index is 899. The fourth-order valence-corrected chi connectivity index (χ4v) is 2.83. The summed E-state index contributed by atoms with van der Waals surface area (Å²) in [5, 5.41) is 12.2. The van der Waals surface area contributed by atoms with Gasteiger partial charge < -0.3 is 14.8 Å². The molecule has 0 saturated heterocycles. The first-order chi connectivity index (χ1) is 13.5. The minimum Gasteiger partial charge on any atom is -0.490 e. The molecule has 0 unspecified atom stereocenters. The van der Waals surface area contributed by atoms with Crippen LogP contribution in [-0.4, -0.2) is 19.1 Å². The lowest BCUT2D eigenvalue weighted by Gasteiger charge is -2.13. The van der Waals surface area contributed by atoms with Crippen LogP contribution in [0.5, 0.6) is 11.5 Å². The summed E-state index contributed by atoms with van der Waals surface area (Å²) in [7, 11) is 0. The van der Waals surface area contributed by atoms with Crippen molar-refractivity contribution in [1.82, 2.24) is 0 Å². The van der Waals surface area contributed by atoms with Crippen molar-refractivity contribution in [1.29, 1.82) is 5.26 Å². The number of amides is 1. The summed E-state index contributed by atoms with van der Waals surface area (Å²) in [6.45, 7) is 6.93. The molecule has 0 aromatic heterocycles. The normalized spacial score (nSPS) is 10.9. The molecule has 0 aliphatic carbocycles. The van der Waals surface area contributed by atoms with E-state index in [1.807, 2.05) is 39.0 Å². The maximum absolute atomic E-state index is 12.5. The number of nitrogens with one attached hydrogen (secondary N) is 1. The number of hydrogen-bond acceptors (Lipinski definition) is 4. The van der Waals surface area contributed by atoms with E-state index in [-0.39, 0.29) is 5.57 Å². The zero-order valence-corrected chi connectivity index (χ0v) is 17.8. The molecular weight excluding hydrogens is 420 g/mol. The number of halogens is 1. The maximum atomic E-state index is 12.5. The Morgan fingerprint density at radius 3 is 2.46 bits per heavy atom. The lowest BCUT2D eigenvalue weighted by molar-refractivity contribution is -0.112. The molecule has 2 aromatic rings. The second-order valence-corrected chi connectivity index (χ2v) is 6.95. The molecule has 1 amide bonds. The van der Waals surface area contributed by atoms with E-state index in [0.29, 0.717) is 40.4 Å². The first-order valence-electron chi connectivity index (χ1n) is 9.07. The van der Waals surface area contributed by atoms with Gasteiger partial charge in [0.15, 0.2) is 11.5 Å². The van der Waals surface area contributed by atoms with Crippen molar-refractivity contribution in [3.63, 3.8) is 0 Å². The number of nitriles is 1. The Kier molecular flexibility index (Phi) is 8.09. The number of aryl methyl sites for hydroxylation is 1. The van der Waals surface area contributed by atoms with Gasteiger partial charge in [-0.1, -0.05) is 40.5 Å². The summed E-state index contributed by atoms with van der Waals surface area (Å²) >= 11 is 3.48. The van der Waals surface area contributed by atoms with Gasteiger partial charge in [-0.15, -0.1) is 0 Å². The number of ether oxygens (including phenoxy) is 2. The number of hydrogen-bond donors (Lipinski definition) is 1. The predicted molar refractivity (Wildman–Crippen MR) is 114 cm³/mol. The largest absolute Gasteiger partial charge is 0.490 e. The molecule has 0 radical (unpaired) electrons. The van der Waals surface area contributed by atoms with E-state index in [0.717, 1.165) is 12.0 Å². The highest BCUT2D eigenvalue weighted by Gasteiger charge is 2.14. The number of anilines is 1. The molecule has 6 heteroatoms. The third-order valence-corrected chi connectivity index (χ3v) is 4.49. The lowest BCUT2D eigenvalue weighted by atomic mass is 10.1. The van der Waals surface area contributed by atoms with Gasteiger partial charge in [-0.05, 0) is 56.2 Å². The Labute approximate surface area is 174 Å². The van der Waals surface area contributed by atoms with Crippen molar-refractivity contribution >= 4 is 33.6 Å². The molecule has 0 bridgehead atoms. The van der Waals surface area contributed by atoms with Gasteiger partial charge in [0.2, 0.25) is 0 Å². The van der Waals surface area contributed by atoms with Crippen LogP contribution in [0.1, 0.15) is 31.4 Å². The molecular formula is C22H23BrN2O3. The third-order valence-electron chi connectivity index (χ3n) is 3.80. The van der Waals surface area contributed by atoms with E-state index >= 15 is 0 Å². The Balaban J connectivity index is 2.31. The minimum absolute atomic E-state index is 0.00838. The van der Waals surface area contributed by atoms with Crippen LogP contribution >= 0.6 is 15.9 Å². The summed E-state index contributed by atoms with van der Waals surface area (Å²) < 4.78 is 12.1. The summed E-state index contributed by atoms with van der Waals surface area (Å²) in [5.74, 6) is 0.722. The molecule has 0 aliphatic heterocycles. The van der Waals surface area contributed by atoms with Crippen LogP contribution in [0.3, 0.4) is 0 Å². The van der Waals surface area contributed by atoms with Gasteiger partial charge in [-0.2, -0.15) is 5.26 Å². The van der Waals surface area contributed by atoms with Crippen LogP contribution in [0.15, 0.2) is 46.4 Å². The van der Waals surface area contributed by atoms with Gasteiger partial charge >= 0.3 is 0 Å². The van der Waals surface area contributed by atoms with Gasteiger partial charge in [0.1, 0.15) is 11.6 Å². The van der Waals surface area contributed by atoms with Crippen LogP contribution < -0.4 is 14.8 Å². The molecule has 0 aliphatic rings. The van der Waals surface area contributed by atoms with E-state index in [2.05, 4.69) is 21.2 Å². The lowest BCUT2D eigenvalue weighted by Crippen LogP contribution is -2.13. The van der Waals surface area contributed by atoms with E-state index in [1.54, 1.807) is 24.3 Å².